The third kappa shape index (κ3) is 5.21. The SMILES string of the molecule is Cc1cc(S(=O)(=O)Nc2ccccc2C(=O)NC2CCNCC2)ccc1F.Cl. The predicted octanol–water partition coefficient (Wildman–Crippen LogP) is 2.84. The Labute approximate surface area is 170 Å². The molecule has 1 heterocycles. The Hall–Kier alpha value is -2.16. The Morgan fingerprint density at radius 3 is 2.50 bits per heavy atom. The fourth-order valence-electron chi connectivity index (χ4n) is 2.99. The summed E-state index contributed by atoms with van der Waals surface area (Å²) in [6.07, 6.45) is 1.66. The number of aryl methyl sites for hydroxylation is 1. The highest BCUT2D eigenvalue weighted by Gasteiger charge is 2.21. The summed E-state index contributed by atoms with van der Waals surface area (Å²) < 4.78 is 41.2. The van der Waals surface area contributed by atoms with Gasteiger partial charge in [0.15, 0.2) is 0 Å². The Balaban J connectivity index is 0.00000280. The topological polar surface area (TPSA) is 87.3 Å². The lowest BCUT2D eigenvalue weighted by atomic mass is 10.1. The van der Waals surface area contributed by atoms with Gasteiger partial charge >= 0.3 is 0 Å². The van der Waals surface area contributed by atoms with E-state index in [9.17, 15) is 17.6 Å². The smallest absolute Gasteiger partial charge is 0.261 e. The van der Waals surface area contributed by atoms with Gasteiger partial charge in [0.2, 0.25) is 0 Å². The first-order valence-corrected chi connectivity index (χ1v) is 10.2. The summed E-state index contributed by atoms with van der Waals surface area (Å²) in [7, 11) is -3.95. The average molecular weight is 428 g/mol. The maximum atomic E-state index is 13.4. The first-order valence-electron chi connectivity index (χ1n) is 8.76. The van der Waals surface area contributed by atoms with Crippen LogP contribution in [-0.2, 0) is 10.0 Å². The fraction of sp³-hybridized carbons (Fsp3) is 0.316. The lowest BCUT2D eigenvalue weighted by molar-refractivity contribution is 0.0930. The number of hydrogen-bond donors (Lipinski definition) is 3. The van der Waals surface area contributed by atoms with Gasteiger partial charge in [-0.15, -0.1) is 12.4 Å². The summed E-state index contributed by atoms with van der Waals surface area (Å²) in [5, 5.41) is 6.18. The van der Waals surface area contributed by atoms with Crippen molar-refractivity contribution in [2.75, 3.05) is 17.8 Å². The second-order valence-electron chi connectivity index (χ2n) is 6.56. The molecule has 0 unspecified atom stereocenters. The van der Waals surface area contributed by atoms with E-state index in [2.05, 4.69) is 15.4 Å². The minimum Gasteiger partial charge on any atom is -0.349 e. The number of sulfonamides is 1. The summed E-state index contributed by atoms with van der Waals surface area (Å²) in [6.45, 7) is 3.17. The summed E-state index contributed by atoms with van der Waals surface area (Å²) in [5.74, 6) is -0.800. The van der Waals surface area contributed by atoms with Crippen LogP contribution in [0.5, 0.6) is 0 Å². The minimum absolute atomic E-state index is 0. The monoisotopic (exact) mass is 427 g/mol. The number of piperidine rings is 1. The number of carbonyl (C=O) groups is 1. The molecule has 2 aromatic rings. The number of amides is 1. The molecule has 2 aromatic carbocycles. The lowest BCUT2D eigenvalue weighted by Gasteiger charge is -2.24. The van der Waals surface area contributed by atoms with Gasteiger partial charge < -0.3 is 10.6 Å². The predicted molar refractivity (Wildman–Crippen MR) is 109 cm³/mol. The highest BCUT2D eigenvalue weighted by molar-refractivity contribution is 7.92. The van der Waals surface area contributed by atoms with Crippen LogP contribution in [0.4, 0.5) is 10.1 Å². The Kier molecular flexibility index (Phi) is 7.40. The molecule has 152 valence electrons. The molecule has 1 aliphatic rings. The van der Waals surface area contributed by atoms with Crippen LogP contribution >= 0.6 is 12.4 Å². The molecule has 1 amide bonds. The molecule has 3 rings (SSSR count). The summed E-state index contributed by atoms with van der Waals surface area (Å²) in [6, 6.07) is 10.1. The molecule has 1 fully saturated rings. The molecule has 6 nitrogen and oxygen atoms in total. The molecule has 0 aliphatic carbocycles. The maximum absolute atomic E-state index is 13.4. The highest BCUT2D eigenvalue weighted by Crippen LogP contribution is 2.22. The van der Waals surface area contributed by atoms with Crippen LogP contribution in [0.15, 0.2) is 47.4 Å². The zero-order chi connectivity index (χ0) is 19.4. The van der Waals surface area contributed by atoms with Gasteiger partial charge in [0.25, 0.3) is 15.9 Å². The van der Waals surface area contributed by atoms with Crippen molar-refractivity contribution < 1.29 is 17.6 Å². The quantitative estimate of drug-likeness (QED) is 0.684. The van der Waals surface area contributed by atoms with Gasteiger partial charge in [-0.25, -0.2) is 12.8 Å². The normalized spacial score (nSPS) is 14.8. The van der Waals surface area contributed by atoms with Gasteiger partial charge in [0.05, 0.1) is 16.1 Å². The Morgan fingerprint density at radius 2 is 1.82 bits per heavy atom. The highest BCUT2D eigenvalue weighted by atomic mass is 35.5. The van der Waals surface area contributed by atoms with E-state index in [0.29, 0.717) is 0 Å². The van der Waals surface area contributed by atoms with Gasteiger partial charge in [0, 0.05) is 6.04 Å². The van der Waals surface area contributed by atoms with E-state index in [-0.39, 0.29) is 46.1 Å². The maximum Gasteiger partial charge on any atom is 0.261 e. The number of halogens is 2. The number of hydrogen-bond acceptors (Lipinski definition) is 4. The average Bonchev–Trinajstić information content (AvgIpc) is 2.65. The standard InChI is InChI=1S/C19H22FN3O3S.ClH/c1-13-12-15(6-7-17(13)20)27(25,26)23-18-5-3-2-4-16(18)19(24)22-14-8-10-21-11-9-14;/h2-7,12,14,21,23H,8-11H2,1H3,(H,22,24);1H. The molecule has 28 heavy (non-hydrogen) atoms. The summed E-state index contributed by atoms with van der Waals surface area (Å²) in [5.41, 5.74) is 0.666. The van der Waals surface area contributed by atoms with E-state index in [1.807, 2.05) is 0 Å². The van der Waals surface area contributed by atoms with Crippen molar-refractivity contribution in [2.45, 2.75) is 30.7 Å². The third-order valence-electron chi connectivity index (χ3n) is 4.53. The number of para-hydroxylation sites is 1. The second kappa shape index (κ2) is 9.36. The van der Waals surface area contributed by atoms with Crippen molar-refractivity contribution in [2.24, 2.45) is 0 Å². The van der Waals surface area contributed by atoms with Crippen molar-refractivity contribution in [3.63, 3.8) is 0 Å². The number of carbonyl (C=O) groups excluding carboxylic acids is 1. The van der Waals surface area contributed by atoms with Gasteiger partial charge in [-0.3, -0.25) is 9.52 Å². The fourth-order valence-corrected chi connectivity index (χ4v) is 4.15. The van der Waals surface area contributed by atoms with E-state index in [4.69, 9.17) is 0 Å². The molecule has 0 spiro atoms. The zero-order valence-corrected chi connectivity index (χ0v) is 17.0. The number of benzene rings is 2. The van der Waals surface area contributed by atoms with Crippen molar-refractivity contribution in [3.05, 3.63) is 59.4 Å². The first kappa shape index (κ1) is 22.1. The van der Waals surface area contributed by atoms with Crippen LogP contribution < -0.4 is 15.4 Å². The molecular formula is C19H23ClFN3O3S. The van der Waals surface area contributed by atoms with Crippen LogP contribution in [0.3, 0.4) is 0 Å². The van der Waals surface area contributed by atoms with Crippen LogP contribution in [0, 0.1) is 12.7 Å². The summed E-state index contributed by atoms with van der Waals surface area (Å²) in [4.78, 5) is 12.6. The molecule has 0 bridgehead atoms. The number of nitrogens with one attached hydrogen (secondary N) is 3. The second-order valence-corrected chi connectivity index (χ2v) is 8.24. The van der Waals surface area contributed by atoms with Crippen LogP contribution in [0.1, 0.15) is 28.8 Å². The molecule has 0 aromatic heterocycles. The van der Waals surface area contributed by atoms with E-state index in [1.165, 1.54) is 25.1 Å². The van der Waals surface area contributed by atoms with Crippen molar-refractivity contribution in [1.29, 1.82) is 0 Å². The number of anilines is 1. The lowest BCUT2D eigenvalue weighted by Crippen LogP contribution is -2.42. The van der Waals surface area contributed by atoms with Gasteiger partial charge in [-0.2, -0.15) is 0 Å². The molecule has 0 atom stereocenters. The van der Waals surface area contributed by atoms with Gasteiger partial charge in [-0.1, -0.05) is 12.1 Å². The molecule has 1 aliphatic heterocycles. The van der Waals surface area contributed by atoms with Crippen LogP contribution in [-0.4, -0.2) is 33.5 Å². The van der Waals surface area contributed by atoms with Gasteiger partial charge in [0.1, 0.15) is 5.82 Å². The van der Waals surface area contributed by atoms with Crippen molar-refractivity contribution in [1.82, 2.24) is 10.6 Å². The molecular weight excluding hydrogens is 405 g/mol. The molecule has 0 saturated carbocycles. The third-order valence-corrected chi connectivity index (χ3v) is 5.89. The van der Waals surface area contributed by atoms with Gasteiger partial charge in [-0.05, 0) is 68.8 Å². The minimum atomic E-state index is -3.95. The van der Waals surface area contributed by atoms with E-state index in [0.717, 1.165) is 32.0 Å². The number of rotatable bonds is 5. The summed E-state index contributed by atoms with van der Waals surface area (Å²) >= 11 is 0. The molecule has 3 N–H and O–H groups in total. The Morgan fingerprint density at radius 1 is 1.14 bits per heavy atom. The van der Waals surface area contributed by atoms with Crippen molar-refractivity contribution >= 4 is 34.0 Å². The Bertz CT molecular complexity index is 947. The molecule has 9 heteroatoms. The molecule has 1 saturated heterocycles. The van der Waals surface area contributed by atoms with Crippen LogP contribution in [0.25, 0.3) is 0 Å². The van der Waals surface area contributed by atoms with Crippen molar-refractivity contribution in [3.8, 4) is 0 Å². The van der Waals surface area contributed by atoms with E-state index in [1.54, 1.807) is 18.2 Å². The largest absolute Gasteiger partial charge is 0.349 e. The first-order chi connectivity index (χ1) is 12.9. The zero-order valence-electron chi connectivity index (χ0n) is 15.4. The van der Waals surface area contributed by atoms with E-state index >= 15 is 0 Å². The van der Waals surface area contributed by atoms with E-state index < -0.39 is 15.8 Å². The van der Waals surface area contributed by atoms with Crippen LogP contribution in [0.2, 0.25) is 0 Å². The molecule has 0 radical (unpaired) electrons.